The van der Waals surface area contributed by atoms with Crippen LogP contribution in [0, 0.1) is 5.82 Å². The van der Waals surface area contributed by atoms with E-state index >= 15 is 0 Å². The number of rotatable bonds is 2. The third-order valence-electron chi connectivity index (χ3n) is 3.02. The fraction of sp³-hybridized carbons (Fsp3) is 0. The number of thiocarbonyl (C=S) groups is 1. The zero-order valence-electron chi connectivity index (χ0n) is 11.1. The third kappa shape index (κ3) is 2.68. The van der Waals surface area contributed by atoms with E-state index in [1.165, 1.54) is 35.6 Å². The maximum absolute atomic E-state index is 13.4. The van der Waals surface area contributed by atoms with Crippen molar-refractivity contribution in [1.29, 1.82) is 0 Å². The Bertz CT molecular complexity index is 800. The highest BCUT2D eigenvalue weighted by atomic mass is 32.1. The SMILES string of the molecule is O=C1NC(=S)N(c2cccc(F)c2)C(=O)/C1=C\c1ccsc1. The summed E-state index contributed by atoms with van der Waals surface area (Å²) in [6.07, 6.45) is 1.49. The highest BCUT2D eigenvalue weighted by Crippen LogP contribution is 2.23. The Morgan fingerprint density at radius 1 is 1.27 bits per heavy atom. The van der Waals surface area contributed by atoms with E-state index in [2.05, 4.69) is 5.32 Å². The molecule has 1 saturated heterocycles. The molecule has 0 spiro atoms. The van der Waals surface area contributed by atoms with Crippen molar-refractivity contribution in [2.24, 2.45) is 0 Å². The maximum Gasteiger partial charge on any atom is 0.270 e. The molecule has 0 unspecified atom stereocenters. The van der Waals surface area contributed by atoms with Crippen LogP contribution >= 0.6 is 23.6 Å². The lowest BCUT2D eigenvalue weighted by Gasteiger charge is -2.28. The summed E-state index contributed by atoms with van der Waals surface area (Å²) in [5.74, 6) is -1.63. The van der Waals surface area contributed by atoms with Crippen molar-refractivity contribution in [2.45, 2.75) is 0 Å². The van der Waals surface area contributed by atoms with E-state index in [-0.39, 0.29) is 16.4 Å². The van der Waals surface area contributed by atoms with Gasteiger partial charge in [0, 0.05) is 0 Å². The molecule has 1 N–H and O–H groups in total. The van der Waals surface area contributed by atoms with Crippen molar-refractivity contribution in [3.63, 3.8) is 0 Å². The summed E-state index contributed by atoms with van der Waals surface area (Å²) in [5.41, 5.74) is 0.970. The average molecular weight is 332 g/mol. The molecule has 4 nitrogen and oxygen atoms in total. The van der Waals surface area contributed by atoms with E-state index in [0.29, 0.717) is 0 Å². The second-order valence-electron chi connectivity index (χ2n) is 4.49. The number of carbonyl (C=O) groups is 2. The minimum atomic E-state index is -0.578. The number of halogens is 1. The van der Waals surface area contributed by atoms with Crippen LogP contribution in [0.5, 0.6) is 0 Å². The van der Waals surface area contributed by atoms with Crippen LogP contribution in [0.2, 0.25) is 0 Å². The van der Waals surface area contributed by atoms with E-state index in [0.717, 1.165) is 10.5 Å². The van der Waals surface area contributed by atoms with Gasteiger partial charge in [0.05, 0.1) is 5.69 Å². The van der Waals surface area contributed by atoms with Crippen LogP contribution in [0.1, 0.15) is 5.56 Å². The largest absolute Gasteiger partial charge is 0.298 e. The average Bonchev–Trinajstić information content (AvgIpc) is 2.96. The van der Waals surface area contributed by atoms with Crippen LogP contribution in [0.15, 0.2) is 46.7 Å². The molecule has 2 heterocycles. The maximum atomic E-state index is 13.4. The lowest BCUT2D eigenvalue weighted by Crippen LogP contribution is -2.54. The molecule has 1 aromatic carbocycles. The Balaban J connectivity index is 2.03. The smallest absolute Gasteiger partial charge is 0.270 e. The Hall–Kier alpha value is -2.38. The quantitative estimate of drug-likeness (QED) is 0.523. The Labute approximate surface area is 134 Å². The van der Waals surface area contributed by atoms with Crippen LogP contribution in [0.25, 0.3) is 6.08 Å². The van der Waals surface area contributed by atoms with Crippen LogP contribution in [0.3, 0.4) is 0 Å². The zero-order valence-corrected chi connectivity index (χ0v) is 12.7. The number of hydrogen-bond donors (Lipinski definition) is 1. The van der Waals surface area contributed by atoms with Crippen molar-refractivity contribution in [3.8, 4) is 0 Å². The van der Waals surface area contributed by atoms with Gasteiger partial charge in [0.25, 0.3) is 11.8 Å². The van der Waals surface area contributed by atoms with Gasteiger partial charge >= 0.3 is 0 Å². The molecule has 1 fully saturated rings. The molecule has 1 aliphatic rings. The van der Waals surface area contributed by atoms with E-state index < -0.39 is 17.6 Å². The Morgan fingerprint density at radius 2 is 2.09 bits per heavy atom. The molecular weight excluding hydrogens is 323 g/mol. The first-order valence-corrected chi connectivity index (χ1v) is 7.60. The normalized spacial score (nSPS) is 17.0. The first-order valence-electron chi connectivity index (χ1n) is 6.25. The summed E-state index contributed by atoms with van der Waals surface area (Å²) in [5, 5.41) is 6.04. The van der Waals surface area contributed by atoms with Crippen LogP contribution in [0.4, 0.5) is 10.1 Å². The van der Waals surface area contributed by atoms with Gasteiger partial charge in [-0.1, -0.05) is 6.07 Å². The number of hydrogen-bond acceptors (Lipinski definition) is 4. The van der Waals surface area contributed by atoms with Crippen molar-refractivity contribution >= 4 is 52.2 Å². The van der Waals surface area contributed by atoms with Gasteiger partial charge in [0.2, 0.25) is 0 Å². The van der Waals surface area contributed by atoms with Gasteiger partial charge in [-0.25, -0.2) is 4.39 Å². The molecule has 2 aromatic rings. The fourth-order valence-electron chi connectivity index (χ4n) is 2.03. The molecule has 3 rings (SSSR count). The summed E-state index contributed by atoms with van der Waals surface area (Å²) in [6, 6.07) is 7.26. The van der Waals surface area contributed by atoms with Gasteiger partial charge in [0.1, 0.15) is 11.4 Å². The summed E-state index contributed by atoms with van der Waals surface area (Å²) < 4.78 is 13.4. The number of thiophene rings is 1. The lowest BCUT2D eigenvalue weighted by molar-refractivity contribution is -0.122. The molecule has 0 aliphatic carbocycles. The second-order valence-corrected chi connectivity index (χ2v) is 5.66. The molecule has 110 valence electrons. The Morgan fingerprint density at radius 3 is 2.77 bits per heavy atom. The number of carbonyl (C=O) groups excluding carboxylic acids is 2. The molecule has 0 saturated carbocycles. The van der Waals surface area contributed by atoms with Crippen LogP contribution in [-0.2, 0) is 9.59 Å². The molecule has 7 heteroatoms. The summed E-state index contributed by atoms with van der Waals surface area (Å²) in [7, 11) is 0. The number of nitrogens with zero attached hydrogens (tertiary/aromatic N) is 1. The highest BCUT2D eigenvalue weighted by Gasteiger charge is 2.34. The molecule has 0 bridgehead atoms. The first kappa shape index (κ1) is 14.6. The summed E-state index contributed by atoms with van der Waals surface area (Å²) in [4.78, 5) is 25.7. The third-order valence-corrected chi connectivity index (χ3v) is 4.01. The highest BCUT2D eigenvalue weighted by molar-refractivity contribution is 7.80. The zero-order chi connectivity index (χ0) is 15.7. The lowest BCUT2D eigenvalue weighted by atomic mass is 10.1. The summed E-state index contributed by atoms with van der Waals surface area (Å²) in [6.45, 7) is 0. The van der Waals surface area contributed by atoms with E-state index in [4.69, 9.17) is 12.2 Å². The molecule has 0 atom stereocenters. The van der Waals surface area contributed by atoms with Gasteiger partial charge in [-0.3, -0.25) is 19.8 Å². The second kappa shape index (κ2) is 5.78. The van der Waals surface area contributed by atoms with Crippen molar-refractivity contribution in [2.75, 3.05) is 4.90 Å². The van der Waals surface area contributed by atoms with Gasteiger partial charge < -0.3 is 0 Å². The predicted molar refractivity (Wildman–Crippen MR) is 86.9 cm³/mol. The predicted octanol–water partition coefficient (Wildman–Crippen LogP) is 2.72. The molecular formula is C15H9FN2O2S2. The number of amides is 2. The Kier molecular flexibility index (Phi) is 3.82. The minimum Gasteiger partial charge on any atom is -0.298 e. The van der Waals surface area contributed by atoms with E-state index in [1.807, 2.05) is 10.8 Å². The van der Waals surface area contributed by atoms with Crippen molar-refractivity contribution in [3.05, 3.63) is 58.0 Å². The molecule has 1 aromatic heterocycles. The number of anilines is 1. The number of benzene rings is 1. The molecule has 22 heavy (non-hydrogen) atoms. The monoisotopic (exact) mass is 332 g/mol. The van der Waals surface area contributed by atoms with Gasteiger partial charge in [-0.15, -0.1) is 0 Å². The molecule has 0 radical (unpaired) electrons. The van der Waals surface area contributed by atoms with Gasteiger partial charge in [-0.05, 0) is 58.9 Å². The van der Waals surface area contributed by atoms with Crippen LogP contribution in [-0.4, -0.2) is 16.9 Å². The van der Waals surface area contributed by atoms with Crippen LogP contribution < -0.4 is 10.2 Å². The number of nitrogens with one attached hydrogen (secondary N) is 1. The van der Waals surface area contributed by atoms with Crippen molar-refractivity contribution < 1.29 is 14.0 Å². The topological polar surface area (TPSA) is 49.4 Å². The van der Waals surface area contributed by atoms with Gasteiger partial charge in [-0.2, -0.15) is 11.3 Å². The van der Waals surface area contributed by atoms with E-state index in [1.54, 1.807) is 12.1 Å². The fourth-order valence-corrected chi connectivity index (χ4v) is 2.93. The molecule has 1 aliphatic heterocycles. The van der Waals surface area contributed by atoms with Gasteiger partial charge in [0.15, 0.2) is 5.11 Å². The molecule has 2 amide bonds. The first-order chi connectivity index (χ1) is 10.6. The summed E-state index contributed by atoms with van der Waals surface area (Å²) >= 11 is 6.49. The van der Waals surface area contributed by atoms with Crippen molar-refractivity contribution in [1.82, 2.24) is 5.32 Å². The minimum absolute atomic E-state index is 0.0451. The van der Waals surface area contributed by atoms with E-state index in [9.17, 15) is 14.0 Å². The standard InChI is InChI=1S/C15H9FN2O2S2/c16-10-2-1-3-11(7-10)18-14(20)12(13(19)17-15(18)21)6-9-4-5-22-8-9/h1-8H,(H,17,19,21)/b12-6-.